The highest BCUT2D eigenvalue weighted by atomic mass is 16.5. The lowest BCUT2D eigenvalue weighted by Gasteiger charge is -2.21. The number of carbonyl (C=O) groups is 3. The topological polar surface area (TPSA) is 115 Å². The number of carbonyl (C=O) groups excluding carboxylic acids is 3. The fraction of sp³-hybridized carbons (Fsp3) is 0.500. The third-order valence-corrected chi connectivity index (χ3v) is 4.24. The van der Waals surface area contributed by atoms with Gasteiger partial charge in [0.15, 0.2) is 11.5 Å². The fourth-order valence-corrected chi connectivity index (χ4v) is 2.82. The Balaban J connectivity index is 1.88. The van der Waals surface area contributed by atoms with Gasteiger partial charge in [-0.15, -0.1) is 0 Å². The summed E-state index contributed by atoms with van der Waals surface area (Å²) in [5.41, 5.74) is 0.336. The molecule has 1 aromatic carbocycles. The molecule has 148 valence electrons. The Labute approximate surface area is 157 Å². The number of methoxy groups -OCH3 is 3. The minimum Gasteiger partial charge on any atom is -0.493 e. The van der Waals surface area contributed by atoms with E-state index in [4.69, 9.17) is 14.2 Å². The van der Waals surface area contributed by atoms with Gasteiger partial charge in [-0.2, -0.15) is 0 Å². The van der Waals surface area contributed by atoms with E-state index in [0.29, 0.717) is 35.8 Å². The third kappa shape index (κ3) is 5.02. The molecule has 0 saturated carbocycles. The molecule has 0 bridgehead atoms. The minimum atomic E-state index is -0.662. The first-order valence-electron chi connectivity index (χ1n) is 8.65. The first kappa shape index (κ1) is 20.3. The highest BCUT2D eigenvalue weighted by Crippen LogP contribution is 2.38. The number of rotatable bonds is 8. The first-order chi connectivity index (χ1) is 13.0. The van der Waals surface area contributed by atoms with E-state index in [1.54, 1.807) is 12.1 Å². The van der Waals surface area contributed by atoms with Gasteiger partial charge in [-0.1, -0.05) is 0 Å². The van der Waals surface area contributed by atoms with Crippen molar-refractivity contribution in [3.63, 3.8) is 0 Å². The van der Waals surface area contributed by atoms with Gasteiger partial charge in [0, 0.05) is 25.2 Å². The van der Waals surface area contributed by atoms with Crippen LogP contribution >= 0.6 is 0 Å². The van der Waals surface area contributed by atoms with E-state index in [2.05, 4.69) is 16.0 Å². The summed E-state index contributed by atoms with van der Waals surface area (Å²) in [5, 5.41) is 8.04. The molecule has 27 heavy (non-hydrogen) atoms. The lowest BCUT2D eigenvalue weighted by Crippen LogP contribution is -2.46. The van der Waals surface area contributed by atoms with Gasteiger partial charge >= 0.3 is 0 Å². The highest BCUT2D eigenvalue weighted by molar-refractivity contribution is 6.00. The molecule has 1 aliphatic rings. The van der Waals surface area contributed by atoms with Crippen LogP contribution in [0, 0.1) is 5.92 Å². The molecule has 1 aliphatic heterocycles. The van der Waals surface area contributed by atoms with Crippen LogP contribution in [-0.4, -0.2) is 58.7 Å². The molecule has 1 atom stereocenters. The quantitative estimate of drug-likeness (QED) is 0.435. The normalized spacial score (nSPS) is 16.1. The van der Waals surface area contributed by atoms with Crippen molar-refractivity contribution in [3.8, 4) is 17.2 Å². The lowest BCUT2D eigenvalue weighted by atomic mass is 9.98. The summed E-state index contributed by atoms with van der Waals surface area (Å²) in [4.78, 5) is 36.0. The molecule has 9 nitrogen and oxygen atoms in total. The van der Waals surface area contributed by atoms with Crippen LogP contribution in [0.1, 0.15) is 23.2 Å². The zero-order valence-electron chi connectivity index (χ0n) is 15.7. The van der Waals surface area contributed by atoms with Crippen LogP contribution in [0.3, 0.4) is 0 Å². The number of hydrogen-bond donors (Lipinski definition) is 3. The van der Waals surface area contributed by atoms with Crippen molar-refractivity contribution in [2.75, 3.05) is 41.0 Å². The summed E-state index contributed by atoms with van der Waals surface area (Å²) >= 11 is 0. The monoisotopic (exact) mass is 379 g/mol. The Morgan fingerprint density at radius 2 is 1.70 bits per heavy atom. The van der Waals surface area contributed by atoms with Crippen molar-refractivity contribution >= 4 is 17.7 Å². The van der Waals surface area contributed by atoms with E-state index in [-0.39, 0.29) is 30.8 Å². The van der Waals surface area contributed by atoms with Gasteiger partial charge < -0.3 is 30.2 Å². The van der Waals surface area contributed by atoms with Crippen molar-refractivity contribution in [2.45, 2.75) is 12.8 Å². The van der Waals surface area contributed by atoms with Crippen LogP contribution in [0.25, 0.3) is 0 Å². The van der Waals surface area contributed by atoms with Crippen LogP contribution < -0.4 is 30.2 Å². The Kier molecular flexibility index (Phi) is 7.27. The van der Waals surface area contributed by atoms with Gasteiger partial charge in [0.25, 0.3) is 5.91 Å². The van der Waals surface area contributed by atoms with E-state index in [1.807, 2.05) is 0 Å². The van der Waals surface area contributed by atoms with Gasteiger partial charge in [0.1, 0.15) is 5.92 Å². The molecule has 1 fully saturated rings. The molecule has 9 heteroatoms. The zero-order valence-corrected chi connectivity index (χ0v) is 15.7. The van der Waals surface area contributed by atoms with Crippen LogP contribution in [0.5, 0.6) is 17.2 Å². The van der Waals surface area contributed by atoms with Crippen molar-refractivity contribution in [2.24, 2.45) is 5.92 Å². The Morgan fingerprint density at radius 1 is 1.07 bits per heavy atom. The summed E-state index contributed by atoms with van der Waals surface area (Å²) in [5.74, 6) is -0.440. The van der Waals surface area contributed by atoms with Gasteiger partial charge in [-0.25, -0.2) is 0 Å². The maximum atomic E-state index is 12.3. The molecule has 0 unspecified atom stereocenters. The number of amides is 3. The molecule has 3 N–H and O–H groups in total. The van der Waals surface area contributed by atoms with Gasteiger partial charge in [0.05, 0.1) is 21.3 Å². The van der Waals surface area contributed by atoms with Crippen molar-refractivity contribution in [3.05, 3.63) is 17.7 Å². The fourth-order valence-electron chi connectivity index (χ4n) is 2.82. The van der Waals surface area contributed by atoms with Crippen molar-refractivity contribution in [1.82, 2.24) is 16.0 Å². The maximum absolute atomic E-state index is 12.3. The second-order valence-electron chi connectivity index (χ2n) is 5.95. The molecular formula is C18H25N3O6. The summed E-state index contributed by atoms with van der Waals surface area (Å²) in [6.45, 7) is 1.04. The standard InChI is InChI=1S/C18H25N3O6/c1-25-13-9-11(10-14(26-2)15(13)27-3)16(22)20-7-8-21-18(24)12-5-4-6-19-17(12)23/h9-10,12H,4-8H2,1-3H3,(H,19,23)(H,20,22)(H,21,24)/t12-/m1/s1. The zero-order chi connectivity index (χ0) is 19.8. The predicted octanol–water partition coefficient (Wildman–Crippen LogP) is 0.0846. The van der Waals surface area contributed by atoms with Crippen molar-refractivity contribution < 1.29 is 28.6 Å². The molecule has 3 amide bonds. The average Bonchev–Trinajstić information content (AvgIpc) is 2.69. The number of ether oxygens (including phenoxy) is 3. The van der Waals surface area contributed by atoms with E-state index >= 15 is 0 Å². The van der Waals surface area contributed by atoms with Crippen molar-refractivity contribution in [1.29, 1.82) is 0 Å². The Hall–Kier alpha value is -2.97. The molecule has 0 radical (unpaired) electrons. The largest absolute Gasteiger partial charge is 0.493 e. The van der Waals surface area contributed by atoms with E-state index in [1.165, 1.54) is 21.3 Å². The van der Waals surface area contributed by atoms with Crippen LogP contribution in [0.2, 0.25) is 0 Å². The van der Waals surface area contributed by atoms with E-state index in [0.717, 1.165) is 6.42 Å². The first-order valence-corrected chi connectivity index (χ1v) is 8.65. The molecule has 1 heterocycles. The summed E-state index contributed by atoms with van der Waals surface area (Å²) in [6.07, 6.45) is 1.32. The second kappa shape index (κ2) is 9.65. The molecule has 0 aliphatic carbocycles. The van der Waals surface area contributed by atoms with E-state index in [9.17, 15) is 14.4 Å². The van der Waals surface area contributed by atoms with Gasteiger partial charge in [0.2, 0.25) is 17.6 Å². The van der Waals surface area contributed by atoms with Gasteiger partial charge in [-0.3, -0.25) is 14.4 Å². The van der Waals surface area contributed by atoms with Crippen LogP contribution in [0.15, 0.2) is 12.1 Å². The van der Waals surface area contributed by atoms with Crippen LogP contribution in [0.4, 0.5) is 0 Å². The molecule has 0 aromatic heterocycles. The molecular weight excluding hydrogens is 354 g/mol. The number of nitrogens with one attached hydrogen (secondary N) is 3. The lowest BCUT2D eigenvalue weighted by molar-refractivity contribution is -0.136. The Morgan fingerprint density at radius 3 is 2.26 bits per heavy atom. The summed E-state index contributed by atoms with van der Waals surface area (Å²) < 4.78 is 15.7. The maximum Gasteiger partial charge on any atom is 0.251 e. The molecule has 2 rings (SSSR count). The second-order valence-corrected chi connectivity index (χ2v) is 5.95. The summed E-state index contributed by atoms with van der Waals surface area (Å²) in [6, 6.07) is 3.09. The number of piperidine rings is 1. The number of benzene rings is 1. The third-order valence-electron chi connectivity index (χ3n) is 4.24. The molecule has 0 spiro atoms. The van der Waals surface area contributed by atoms with Gasteiger partial charge in [-0.05, 0) is 25.0 Å². The Bertz CT molecular complexity index is 681. The van der Waals surface area contributed by atoms with E-state index < -0.39 is 5.92 Å². The molecule has 1 saturated heterocycles. The highest BCUT2D eigenvalue weighted by Gasteiger charge is 2.28. The van der Waals surface area contributed by atoms with Crippen LogP contribution in [-0.2, 0) is 9.59 Å². The SMILES string of the molecule is COc1cc(C(=O)NCCNC(=O)[C@@H]2CCCNC2=O)cc(OC)c1OC. The molecule has 1 aromatic rings. The average molecular weight is 379 g/mol. The smallest absolute Gasteiger partial charge is 0.251 e. The minimum absolute atomic E-state index is 0.218. The summed E-state index contributed by atoms with van der Waals surface area (Å²) in [7, 11) is 4.42. The predicted molar refractivity (Wildman–Crippen MR) is 97.2 cm³/mol. The number of hydrogen-bond acceptors (Lipinski definition) is 6.